The van der Waals surface area contributed by atoms with Crippen molar-refractivity contribution < 1.29 is 0 Å². The summed E-state index contributed by atoms with van der Waals surface area (Å²) in [6.07, 6.45) is 10.0. The predicted molar refractivity (Wildman–Crippen MR) is 56.1 cm³/mol. The molecule has 0 aromatic carbocycles. The quantitative estimate of drug-likeness (QED) is 0.526. The second kappa shape index (κ2) is 5.81. The van der Waals surface area contributed by atoms with Crippen LogP contribution in [0.15, 0.2) is 24.5 Å². The van der Waals surface area contributed by atoms with Gasteiger partial charge in [-0.05, 0) is 6.42 Å². The van der Waals surface area contributed by atoms with Crippen LogP contribution in [0.1, 0.15) is 19.2 Å². The lowest BCUT2D eigenvalue weighted by Crippen LogP contribution is -2.00. The van der Waals surface area contributed by atoms with E-state index in [0.717, 1.165) is 25.2 Å². The minimum atomic E-state index is 0.581. The first-order chi connectivity index (χ1) is 6.38. The molecule has 0 N–H and O–H groups in total. The molecule has 1 aromatic heterocycles. The Morgan fingerprint density at radius 2 is 2.38 bits per heavy atom. The number of rotatable bonds is 5. The monoisotopic (exact) mass is 198 g/mol. The Balaban J connectivity index is 2.54. The summed E-state index contributed by atoms with van der Waals surface area (Å²) in [6, 6.07) is 0. The van der Waals surface area contributed by atoms with E-state index >= 15 is 0 Å². The standard InChI is InChI=1S/C10H15ClN2/c1-2-5-10-12-7-9-13(10)8-4-3-6-11/h3-4,7,9H,2,5-6,8H2,1H3. The second-order valence-electron chi connectivity index (χ2n) is 2.87. The molecule has 3 heteroatoms. The zero-order valence-electron chi connectivity index (χ0n) is 7.91. The van der Waals surface area contributed by atoms with Crippen molar-refractivity contribution >= 4 is 11.6 Å². The molecule has 0 saturated heterocycles. The summed E-state index contributed by atoms with van der Waals surface area (Å²) in [5.41, 5.74) is 0. The van der Waals surface area contributed by atoms with E-state index in [2.05, 4.69) is 22.6 Å². The smallest absolute Gasteiger partial charge is 0.108 e. The fraction of sp³-hybridized carbons (Fsp3) is 0.500. The van der Waals surface area contributed by atoms with Gasteiger partial charge in [-0.2, -0.15) is 0 Å². The lowest BCUT2D eigenvalue weighted by Gasteiger charge is -2.02. The molecule has 0 atom stereocenters. The van der Waals surface area contributed by atoms with Crippen LogP contribution in [-0.2, 0) is 13.0 Å². The highest BCUT2D eigenvalue weighted by Crippen LogP contribution is 2.01. The van der Waals surface area contributed by atoms with Crippen molar-refractivity contribution in [1.82, 2.24) is 9.55 Å². The van der Waals surface area contributed by atoms with Gasteiger partial charge in [0.2, 0.25) is 0 Å². The van der Waals surface area contributed by atoms with E-state index in [-0.39, 0.29) is 0 Å². The average Bonchev–Trinajstić information content (AvgIpc) is 2.54. The molecule has 1 aromatic rings. The van der Waals surface area contributed by atoms with Crippen molar-refractivity contribution in [3.8, 4) is 0 Å². The maximum Gasteiger partial charge on any atom is 0.108 e. The van der Waals surface area contributed by atoms with Gasteiger partial charge in [-0.3, -0.25) is 0 Å². The Morgan fingerprint density at radius 3 is 3.08 bits per heavy atom. The Labute approximate surface area is 84.2 Å². The maximum atomic E-state index is 5.53. The third-order valence-corrected chi connectivity index (χ3v) is 2.01. The molecular weight excluding hydrogens is 184 g/mol. The Kier molecular flexibility index (Phi) is 4.61. The largest absolute Gasteiger partial charge is 0.331 e. The minimum absolute atomic E-state index is 0.581. The van der Waals surface area contributed by atoms with Crippen molar-refractivity contribution in [2.45, 2.75) is 26.3 Å². The highest BCUT2D eigenvalue weighted by molar-refractivity contribution is 6.18. The van der Waals surface area contributed by atoms with Crippen LogP contribution in [-0.4, -0.2) is 15.4 Å². The molecule has 0 unspecified atom stereocenters. The second-order valence-corrected chi connectivity index (χ2v) is 3.18. The Hall–Kier alpha value is -0.760. The van der Waals surface area contributed by atoms with E-state index in [4.69, 9.17) is 11.6 Å². The predicted octanol–water partition coefficient (Wildman–Crippen LogP) is 2.63. The molecular formula is C10H15ClN2. The molecule has 13 heavy (non-hydrogen) atoms. The van der Waals surface area contributed by atoms with Crippen molar-refractivity contribution in [3.63, 3.8) is 0 Å². The number of nitrogens with zero attached hydrogens (tertiary/aromatic N) is 2. The van der Waals surface area contributed by atoms with Gasteiger partial charge in [-0.25, -0.2) is 4.98 Å². The van der Waals surface area contributed by atoms with Gasteiger partial charge < -0.3 is 4.57 Å². The number of imidazole rings is 1. The molecule has 0 amide bonds. The molecule has 0 spiro atoms. The molecule has 72 valence electrons. The van der Waals surface area contributed by atoms with Crippen LogP contribution in [0.4, 0.5) is 0 Å². The number of hydrogen-bond donors (Lipinski definition) is 0. The summed E-state index contributed by atoms with van der Waals surface area (Å²) in [5, 5.41) is 0. The highest BCUT2D eigenvalue weighted by Gasteiger charge is 1.98. The fourth-order valence-electron chi connectivity index (χ4n) is 1.21. The van der Waals surface area contributed by atoms with Crippen molar-refractivity contribution in [3.05, 3.63) is 30.4 Å². The van der Waals surface area contributed by atoms with Gasteiger partial charge in [-0.15, -0.1) is 11.6 Å². The minimum Gasteiger partial charge on any atom is -0.331 e. The molecule has 1 rings (SSSR count). The molecule has 0 aliphatic carbocycles. The lowest BCUT2D eigenvalue weighted by atomic mass is 10.3. The number of alkyl halides is 1. The van der Waals surface area contributed by atoms with Crippen LogP contribution >= 0.6 is 11.6 Å². The maximum absolute atomic E-state index is 5.53. The summed E-state index contributed by atoms with van der Waals surface area (Å²) >= 11 is 5.53. The molecule has 0 saturated carbocycles. The van der Waals surface area contributed by atoms with Gasteiger partial charge >= 0.3 is 0 Å². The number of allylic oxidation sites excluding steroid dienone is 2. The van der Waals surface area contributed by atoms with E-state index in [1.807, 2.05) is 18.5 Å². The Bertz CT molecular complexity index is 266. The van der Waals surface area contributed by atoms with Crippen LogP contribution in [0.25, 0.3) is 0 Å². The zero-order valence-corrected chi connectivity index (χ0v) is 8.67. The van der Waals surface area contributed by atoms with Crippen LogP contribution in [0.3, 0.4) is 0 Å². The SMILES string of the molecule is CCCc1nccn1CC=CCCl. The van der Waals surface area contributed by atoms with E-state index in [1.54, 1.807) is 0 Å². The normalized spacial score (nSPS) is 11.2. The molecule has 2 nitrogen and oxygen atoms in total. The molecule has 0 aliphatic rings. The topological polar surface area (TPSA) is 17.8 Å². The van der Waals surface area contributed by atoms with Gasteiger partial charge in [0.1, 0.15) is 5.82 Å². The first-order valence-corrected chi connectivity index (χ1v) is 5.13. The van der Waals surface area contributed by atoms with Crippen LogP contribution < -0.4 is 0 Å². The van der Waals surface area contributed by atoms with Crippen LogP contribution in [0.5, 0.6) is 0 Å². The summed E-state index contributed by atoms with van der Waals surface area (Å²) in [4.78, 5) is 4.28. The van der Waals surface area contributed by atoms with Crippen molar-refractivity contribution in [1.29, 1.82) is 0 Å². The first-order valence-electron chi connectivity index (χ1n) is 4.59. The van der Waals surface area contributed by atoms with E-state index in [1.165, 1.54) is 0 Å². The van der Waals surface area contributed by atoms with Crippen molar-refractivity contribution in [2.75, 3.05) is 5.88 Å². The first kappa shape index (κ1) is 10.3. The summed E-state index contributed by atoms with van der Waals surface area (Å²) < 4.78 is 2.15. The van der Waals surface area contributed by atoms with Gasteiger partial charge in [0.25, 0.3) is 0 Å². The molecule has 1 heterocycles. The van der Waals surface area contributed by atoms with Crippen molar-refractivity contribution in [2.24, 2.45) is 0 Å². The van der Waals surface area contributed by atoms with Gasteiger partial charge in [0.05, 0.1) is 0 Å². The number of halogens is 1. The number of aryl methyl sites for hydroxylation is 1. The lowest BCUT2D eigenvalue weighted by molar-refractivity contribution is 0.716. The third kappa shape index (κ3) is 3.23. The Morgan fingerprint density at radius 1 is 1.54 bits per heavy atom. The molecule has 0 fully saturated rings. The zero-order chi connectivity index (χ0) is 9.52. The van der Waals surface area contributed by atoms with Gasteiger partial charge in [-0.1, -0.05) is 19.1 Å². The molecule has 0 bridgehead atoms. The summed E-state index contributed by atoms with van der Waals surface area (Å²) in [7, 11) is 0. The third-order valence-electron chi connectivity index (χ3n) is 1.83. The van der Waals surface area contributed by atoms with Crippen LogP contribution in [0.2, 0.25) is 0 Å². The average molecular weight is 199 g/mol. The molecule has 0 radical (unpaired) electrons. The number of hydrogen-bond acceptors (Lipinski definition) is 1. The fourth-order valence-corrected chi connectivity index (χ4v) is 1.34. The summed E-state index contributed by atoms with van der Waals surface area (Å²) in [6.45, 7) is 3.04. The van der Waals surface area contributed by atoms with E-state index < -0.39 is 0 Å². The molecule has 0 aliphatic heterocycles. The highest BCUT2D eigenvalue weighted by atomic mass is 35.5. The van der Waals surface area contributed by atoms with E-state index in [0.29, 0.717) is 5.88 Å². The number of aromatic nitrogens is 2. The van der Waals surface area contributed by atoms with Gasteiger partial charge in [0, 0.05) is 31.2 Å². The van der Waals surface area contributed by atoms with E-state index in [9.17, 15) is 0 Å². The van der Waals surface area contributed by atoms with Crippen LogP contribution in [0, 0.1) is 0 Å². The van der Waals surface area contributed by atoms with Gasteiger partial charge in [0.15, 0.2) is 0 Å². The summed E-state index contributed by atoms with van der Waals surface area (Å²) in [5.74, 6) is 1.74.